The molecule has 0 bridgehead atoms. The Morgan fingerprint density at radius 2 is 2.07 bits per heavy atom. The molecule has 1 fully saturated rings. The van der Waals surface area contributed by atoms with Crippen LogP contribution in [0.1, 0.15) is 18.4 Å². The molecule has 1 heterocycles. The van der Waals surface area contributed by atoms with Gasteiger partial charge < -0.3 is 10.6 Å². The molecule has 0 amide bonds. The molecule has 0 aromatic heterocycles. The summed E-state index contributed by atoms with van der Waals surface area (Å²) in [4.78, 5) is 2.45. The van der Waals surface area contributed by atoms with E-state index in [0.29, 0.717) is 5.41 Å². The molecule has 0 unspecified atom stereocenters. The Morgan fingerprint density at radius 1 is 1.29 bits per heavy atom. The first-order valence-corrected chi connectivity index (χ1v) is 5.40. The zero-order chi connectivity index (χ0) is 9.60. The number of hydrogen-bond acceptors (Lipinski definition) is 2. The molecular formula is C12H16N2. The zero-order valence-electron chi connectivity index (χ0n) is 8.37. The van der Waals surface area contributed by atoms with E-state index in [1.165, 1.54) is 25.1 Å². The van der Waals surface area contributed by atoms with Crippen molar-refractivity contribution in [3.63, 3.8) is 0 Å². The first kappa shape index (κ1) is 8.30. The van der Waals surface area contributed by atoms with Gasteiger partial charge in [0.05, 0.1) is 0 Å². The second-order valence-electron chi connectivity index (χ2n) is 4.51. The summed E-state index contributed by atoms with van der Waals surface area (Å²) >= 11 is 0. The number of anilines is 1. The molecule has 74 valence electrons. The van der Waals surface area contributed by atoms with Crippen molar-refractivity contribution >= 4 is 5.69 Å². The smallest absolute Gasteiger partial charge is 0.0405 e. The fraction of sp³-hybridized carbons (Fsp3) is 0.500. The normalized spacial score (nSPS) is 21.4. The van der Waals surface area contributed by atoms with Crippen LogP contribution in [0.3, 0.4) is 0 Å². The Bertz CT molecular complexity index is 355. The van der Waals surface area contributed by atoms with Gasteiger partial charge in [0.15, 0.2) is 0 Å². The summed E-state index contributed by atoms with van der Waals surface area (Å²) in [7, 11) is 0. The van der Waals surface area contributed by atoms with E-state index in [1.807, 2.05) is 0 Å². The molecule has 0 atom stereocenters. The van der Waals surface area contributed by atoms with Crippen LogP contribution in [0.5, 0.6) is 0 Å². The minimum absolute atomic E-state index is 0.520. The molecule has 2 nitrogen and oxygen atoms in total. The maximum atomic E-state index is 5.63. The van der Waals surface area contributed by atoms with Gasteiger partial charge in [0.25, 0.3) is 0 Å². The SMILES string of the molecule is NCCN1CC2(CC2)c2ccccc21. The molecule has 1 spiro atoms. The van der Waals surface area contributed by atoms with Crippen molar-refractivity contribution in [2.24, 2.45) is 5.73 Å². The van der Waals surface area contributed by atoms with Crippen LogP contribution in [0, 0.1) is 0 Å². The predicted molar refractivity (Wildman–Crippen MR) is 58.6 cm³/mol. The highest BCUT2D eigenvalue weighted by Crippen LogP contribution is 2.56. The number of hydrogen-bond donors (Lipinski definition) is 1. The first-order chi connectivity index (χ1) is 6.86. The molecule has 2 aliphatic rings. The lowest BCUT2D eigenvalue weighted by atomic mass is 9.99. The van der Waals surface area contributed by atoms with Gasteiger partial charge in [-0.15, -0.1) is 0 Å². The van der Waals surface area contributed by atoms with E-state index in [2.05, 4.69) is 29.2 Å². The standard InChI is InChI=1S/C12H16N2/c13-7-8-14-9-12(5-6-12)10-3-1-2-4-11(10)14/h1-4H,5-9,13H2. The van der Waals surface area contributed by atoms with Crippen molar-refractivity contribution in [1.29, 1.82) is 0 Å². The summed E-state index contributed by atoms with van der Waals surface area (Å²) in [6.45, 7) is 2.95. The molecule has 2 N–H and O–H groups in total. The molecule has 2 heteroatoms. The highest BCUT2D eigenvalue weighted by molar-refractivity contribution is 5.64. The third-order valence-electron chi connectivity index (χ3n) is 3.56. The van der Waals surface area contributed by atoms with Gasteiger partial charge in [-0.3, -0.25) is 0 Å². The van der Waals surface area contributed by atoms with Crippen LogP contribution >= 0.6 is 0 Å². The highest BCUT2D eigenvalue weighted by Gasteiger charge is 2.51. The lowest BCUT2D eigenvalue weighted by Crippen LogP contribution is -2.29. The topological polar surface area (TPSA) is 29.3 Å². The van der Waals surface area contributed by atoms with Gasteiger partial charge >= 0.3 is 0 Å². The molecule has 3 rings (SSSR count). The Kier molecular flexibility index (Phi) is 1.62. The van der Waals surface area contributed by atoms with Gasteiger partial charge in [0, 0.05) is 30.7 Å². The second-order valence-corrected chi connectivity index (χ2v) is 4.51. The minimum atomic E-state index is 0.520. The summed E-state index contributed by atoms with van der Waals surface area (Å²) in [6.07, 6.45) is 2.73. The van der Waals surface area contributed by atoms with Crippen LogP contribution in [0.2, 0.25) is 0 Å². The Hall–Kier alpha value is -1.02. The third-order valence-corrected chi connectivity index (χ3v) is 3.56. The minimum Gasteiger partial charge on any atom is -0.369 e. The lowest BCUT2D eigenvalue weighted by molar-refractivity contribution is 0.696. The summed E-state index contributed by atoms with van der Waals surface area (Å²) in [5.41, 5.74) is 9.14. The number of nitrogens with zero attached hydrogens (tertiary/aromatic N) is 1. The quantitative estimate of drug-likeness (QED) is 0.762. The molecule has 1 aliphatic carbocycles. The van der Waals surface area contributed by atoms with Crippen molar-refractivity contribution in [2.75, 3.05) is 24.5 Å². The Labute approximate surface area is 84.7 Å². The van der Waals surface area contributed by atoms with Gasteiger partial charge in [-0.2, -0.15) is 0 Å². The number of para-hydroxylation sites is 1. The van der Waals surface area contributed by atoms with Gasteiger partial charge in [-0.05, 0) is 24.5 Å². The van der Waals surface area contributed by atoms with Crippen LogP contribution in [0.15, 0.2) is 24.3 Å². The number of fused-ring (bicyclic) bond motifs is 2. The number of rotatable bonds is 2. The van der Waals surface area contributed by atoms with Gasteiger partial charge in [0.1, 0.15) is 0 Å². The number of nitrogens with two attached hydrogens (primary N) is 1. The summed E-state index contributed by atoms with van der Waals surface area (Å²) in [5.74, 6) is 0. The molecule has 1 aliphatic heterocycles. The largest absolute Gasteiger partial charge is 0.369 e. The molecule has 14 heavy (non-hydrogen) atoms. The average molecular weight is 188 g/mol. The maximum absolute atomic E-state index is 5.63. The lowest BCUT2D eigenvalue weighted by Gasteiger charge is -2.18. The monoisotopic (exact) mass is 188 g/mol. The first-order valence-electron chi connectivity index (χ1n) is 5.40. The summed E-state index contributed by atoms with van der Waals surface area (Å²) in [5, 5.41) is 0. The predicted octanol–water partition coefficient (Wildman–Crippen LogP) is 1.50. The Balaban J connectivity index is 2.01. The van der Waals surface area contributed by atoms with E-state index in [0.717, 1.165) is 13.1 Å². The van der Waals surface area contributed by atoms with E-state index in [-0.39, 0.29) is 0 Å². The van der Waals surface area contributed by atoms with E-state index in [4.69, 9.17) is 5.73 Å². The Morgan fingerprint density at radius 3 is 2.79 bits per heavy atom. The van der Waals surface area contributed by atoms with Gasteiger partial charge in [-0.1, -0.05) is 18.2 Å². The van der Waals surface area contributed by atoms with Crippen molar-refractivity contribution in [2.45, 2.75) is 18.3 Å². The van der Waals surface area contributed by atoms with E-state index in [9.17, 15) is 0 Å². The summed E-state index contributed by atoms with van der Waals surface area (Å²) in [6, 6.07) is 8.81. The molecule has 1 aromatic carbocycles. The van der Waals surface area contributed by atoms with Crippen molar-refractivity contribution in [3.8, 4) is 0 Å². The molecular weight excluding hydrogens is 172 g/mol. The van der Waals surface area contributed by atoms with Gasteiger partial charge in [-0.25, -0.2) is 0 Å². The highest BCUT2D eigenvalue weighted by atomic mass is 15.2. The van der Waals surface area contributed by atoms with Crippen molar-refractivity contribution < 1.29 is 0 Å². The maximum Gasteiger partial charge on any atom is 0.0405 e. The van der Waals surface area contributed by atoms with E-state index in [1.54, 1.807) is 5.56 Å². The van der Waals surface area contributed by atoms with Crippen LogP contribution in [0.25, 0.3) is 0 Å². The molecule has 0 radical (unpaired) electrons. The van der Waals surface area contributed by atoms with Crippen LogP contribution in [-0.2, 0) is 5.41 Å². The fourth-order valence-corrected chi connectivity index (χ4v) is 2.67. The average Bonchev–Trinajstić information content (AvgIpc) is 2.91. The van der Waals surface area contributed by atoms with Crippen LogP contribution < -0.4 is 10.6 Å². The van der Waals surface area contributed by atoms with E-state index < -0.39 is 0 Å². The number of benzene rings is 1. The summed E-state index contributed by atoms with van der Waals surface area (Å²) < 4.78 is 0. The van der Waals surface area contributed by atoms with Gasteiger partial charge in [0.2, 0.25) is 0 Å². The zero-order valence-corrected chi connectivity index (χ0v) is 8.37. The van der Waals surface area contributed by atoms with Crippen molar-refractivity contribution in [3.05, 3.63) is 29.8 Å². The van der Waals surface area contributed by atoms with Crippen LogP contribution in [-0.4, -0.2) is 19.6 Å². The second kappa shape index (κ2) is 2.74. The molecule has 1 aromatic rings. The van der Waals surface area contributed by atoms with Crippen molar-refractivity contribution in [1.82, 2.24) is 0 Å². The van der Waals surface area contributed by atoms with E-state index >= 15 is 0 Å². The molecule has 0 saturated heterocycles. The third kappa shape index (κ3) is 1.01. The molecule has 1 saturated carbocycles. The van der Waals surface area contributed by atoms with Crippen LogP contribution in [0.4, 0.5) is 5.69 Å². The fourth-order valence-electron chi connectivity index (χ4n) is 2.67.